The van der Waals surface area contributed by atoms with Gasteiger partial charge in [0, 0.05) is 25.2 Å². The Kier molecular flexibility index (Phi) is 4.05. The highest BCUT2D eigenvalue weighted by Gasteiger charge is 2.25. The molecule has 3 heterocycles. The van der Waals surface area contributed by atoms with Gasteiger partial charge in [-0.25, -0.2) is 4.98 Å². The van der Waals surface area contributed by atoms with Gasteiger partial charge in [-0.3, -0.25) is 9.69 Å². The van der Waals surface area contributed by atoms with Crippen LogP contribution in [0.3, 0.4) is 0 Å². The van der Waals surface area contributed by atoms with Crippen molar-refractivity contribution < 1.29 is 0 Å². The van der Waals surface area contributed by atoms with Crippen molar-refractivity contribution in [2.24, 2.45) is 11.7 Å². The molecule has 0 amide bonds. The zero-order chi connectivity index (χ0) is 15.0. The second-order valence-electron chi connectivity index (χ2n) is 5.77. The molecule has 2 N–H and O–H groups in total. The molecule has 1 saturated heterocycles. The average molecular weight is 307 g/mol. The Morgan fingerprint density at radius 1 is 1.57 bits per heavy atom. The van der Waals surface area contributed by atoms with E-state index in [4.69, 9.17) is 5.73 Å². The first-order chi connectivity index (χ1) is 10.1. The minimum Gasteiger partial charge on any atom is -0.328 e. The normalized spacial score (nSPS) is 21.2. The number of aromatic nitrogens is 3. The van der Waals surface area contributed by atoms with Crippen LogP contribution in [0.25, 0.3) is 4.96 Å². The van der Waals surface area contributed by atoms with Gasteiger partial charge < -0.3 is 5.73 Å². The summed E-state index contributed by atoms with van der Waals surface area (Å²) in [6.45, 7) is 6.82. The van der Waals surface area contributed by atoms with E-state index in [0.29, 0.717) is 17.4 Å². The molecule has 0 aromatic carbocycles. The molecule has 1 aliphatic rings. The molecule has 0 bridgehead atoms. The van der Waals surface area contributed by atoms with Gasteiger partial charge in [-0.2, -0.15) is 9.61 Å². The SMILES string of the molecule is CCc1nn2c(=O)cc(CN3CCC(C(C)N)C3)nc2s1. The topological polar surface area (TPSA) is 76.5 Å². The van der Waals surface area contributed by atoms with Gasteiger partial charge in [0.1, 0.15) is 5.01 Å². The number of likely N-dealkylation sites (tertiary alicyclic amines) is 1. The second-order valence-corrected chi connectivity index (χ2v) is 6.81. The lowest BCUT2D eigenvalue weighted by atomic mass is 10.0. The second kappa shape index (κ2) is 5.82. The van der Waals surface area contributed by atoms with E-state index < -0.39 is 0 Å². The predicted octanol–water partition coefficient (Wildman–Crippen LogP) is 0.882. The van der Waals surface area contributed by atoms with Gasteiger partial charge in [0.15, 0.2) is 0 Å². The molecule has 2 unspecified atom stereocenters. The number of fused-ring (bicyclic) bond motifs is 1. The third-order valence-electron chi connectivity index (χ3n) is 4.08. The van der Waals surface area contributed by atoms with Crippen LogP contribution in [-0.2, 0) is 13.0 Å². The quantitative estimate of drug-likeness (QED) is 0.907. The molecule has 114 valence electrons. The third-order valence-corrected chi connectivity index (χ3v) is 5.13. The van der Waals surface area contributed by atoms with E-state index in [1.54, 1.807) is 6.07 Å². The van der Waals surface area contributed by atoms with Crippen molar-refractivity contribution in [3.8, 4) is 0 Å². The molecule has 0 saturated carbocycles. The summed E-state index contributed by atoms with van der Waals surface area (Å²) in [6.07, 6.45) is 1.95. The summed E-state index contributed by atoms with van der Waals surface area (Å²) >= 11 is 1.49. The van der Waals surface area contributed by atoms with Crippen LogP contribution in [0.5, 0.6) is 0 Å². The smallest absolute Gasteiger partial charge is 0.275 e. The minimum absolute atomic E-state index is 0.0890. The number of nitrogens with two attached hydrogens (primary N) is 1. The largest absolute Gasteiger partial charge is 0.328 e. The van der Waals surface area contributed by atoms with Gasteiger partial charge in [0.05, 0.1) is 5.69 Å². The summed E-state index contributed by atoms with van der Waals surface area (Å²) in [7, 11) is 0. The summed E-state index contributed by atoms with van der Waals surface area (Å²) in [4.78, 5) is 19.7. The highest BCUT2D eigenvalue weighted by Crippen LogP contribution is 2.20. The van der Waals surface area contributed by atoms with Gasteiger partial charge in [0.2, 0.25) is 4.96 Å². The minimum atomic E-state index is -0.0890. The maximum Gasteiger partial charge on any atom is 0.275 e. The molecular weight excluding hydrogens is 286 g/mol. The van der Waals surface area contributed by atoms with Gasteiger partial charge in [-0.05, 0) is 32.2 Å². The molecule has 1 aliphatic heterocycles. The molecule has 6 nitrogen and oxygen atoms in total. The molecule has 1 fully saturated rings. The Balaban J connectivity index is 1.80. The van der Waals surface area contributed by atoms with Crippen molar-refractivity contribution in [3.05, 3.63) is 27.1 Å². The van der Waals surface area contributed by atoms with E-state index in [2.05, 4.69) is 21.9 Å². The van der Waals surface area contributed by atoms with Gasteiger partial charge in [-0.1, -0.05) is 18.3 Å². The summed E-state index contributed by atoms with van der Waals surface area (Å²) in [5.41, 5.74) is 6.71. The zero-order valence-corrected chi connectivity index (χ0v) is 13.3. The first-order valence-corrected chi connectivity index (χ1v) is 8.25. The average Bonchev–Trinajstić information content (AvgIpc) is 3.05. The van der Waals surface area contributed by atoms with Crippen LogP contribution < -0.4 is 11.3 Å². The third kappa shape index (κ3) is 3.00. The van der Waals surface area contributed by atoms with Crippen molar-refractivity contribution in [1.29, 1.82) is 0 Å². The lowest BCUT2D eigenvalue weighted by Crippen LogP contribution is -2.30. The standard InChI is InChI=1S/C14H21N5OS/c1-3-12-17-19-13(20)6-11(16-14(19)21-12)8-18-5-4-10(7-18)9(2)15/h6,9-10H,3-5,7-8,15H2,1-2H3. The summed E-state index contributed by atoms with van der Waals surface area (Å²) in [5, 5.41) is 5.21. The molecule has 2 atom stereocenters. The maximum absolute atomic E-state index is 12.1. The van der Waals surface area contributed by atoms with E-state index in [1.165, 1.54) is 15.9 Å². The Labute approximate surface area is 127 Å². The number of nitrogens with zero attached hydrogens (tertiary/aromatic N) is 4. The van der Waals surface area contributed by atoms with E-state index >= 15 is 0 Å². The molecular formula is C14H21N5OS. The summed E-state index contributed by atoms with van der Waals surface area (Å²) < 4.78 is 1.40. The van der Waals surface area contributed by atoms with Crippen LogP contribution in [0, 0.1) is 5.92 Å². The van der Waals surface area contributed by atoms with E-state index in [0.717, 1.165) is 36.6 Å². The van der Waals surface area contributed by atoms with Gasteiger partial charge in [-0.15, -0.1) is 0 Å². The first kappa shape index (κ1) is 14.6. The van der Waals surface area contributed by atoms with Crippen LogP contribution in [-0.4, -0.2) is 38.6 Å². The van der Waals surface area contributed by atoms with Gasteiger partial charge >= 0.3 is 0 Å². The van der Waals surface area contributed by atoms with Crippen molar-refractivity contribution in [2.75, 3.05) is 13.1 Å². The van der Waals surface area contributed by atoms with Crippen molar-refractivity contribution in [1.82, 2.24) is 19.5 Å². The van der Waals surface area contributed by atoms with Crippen molar-refractivity contribution in [3.63, 3.8) is 0 Å². The fourth-order valence-corrected chi connectivity index (χ4v) is 3.64. The number of aryl methyl sites for hydroxylation is 1. The molecule has 0 aliphatic carbocycles. The Morgan fingerprint density at radius 3 is 3.05 bits per heavy atom. The van der Waals surface area contributed by atoms with Crippen LogP contribution in [0.4, 0.5) is 0 Å². The molecule has 3 rings (SSSR count). The van der Waals surface area contributed by atoms with E-state index in [9.17, 15) is 4.79 Å². The summed E-state index contributed by atoms with van der Waals surface area (Å²) in [6, 6.07) is 1.83. The van der Waals surface area contributed by atoms with Crippen LogP contribution in [0.15, 0.2) is 10.9 Å². The molecule has 21 heavy (non-hydrogen) atoms. The highest BCUT2D eigenvalue weighted by atomic mass is 32.1. The molecule has 0 spiro atoms. The Bertz CT molecular complexity index is 692. The van der Waals surface area contributed by atoms with Crippen molar-refractivity contribution in [2.45, 2.75) is 39.3 Å². The molecule has 7 heteroatoms. The Morgan fingerprint density at radius 2 is 2.38 bits per heavy atom. The lowest BCUT2D eigenvalue weighted by molar-refractivity contribution is 0.305. The number of hydrogen-bond acceptors (Lipinski definition) is 6. The van der Waals surface area contributed by atoms with E-state index in [1.807, 2.05) is 6.92 Å². The van der Waals surface area contributed by atoms with E-state index in [-0.39, 0.29) is 11.6 Å². The lowest BCUT2D eigenvalue weighted by Gasteiger charge is -2.17. The summed E-state index contributed by atoms with van der Waals surface area (Å²) in [5.74, 6) is 0.546. The molecule has 2 aromatic heterocycles. The maximum atomic E-state index is 12.1. The van der Waals surface area contributed by atoms with Crippen LogP contribution in [0.1, 0.15) is 31.0 Å². The number of rotatable bonds is 4. The molecule has 2 aromatic rings. The monoisotopic (exact) mass is 307 g/mol. The Hall–Kier alpha value is -1.31. The van der Waals surface area contributed by atoms with Crippen molar-refractivity contribution >= 4 is 16.3 Å². The predicted molar refractivity (Wildman–Crippen MR) is 83.5 cm³/mol. The fraction of sp³-hybridized carbons (Fsp3) is 0.643. The molecule has 0 radical (unpaired) electrons. The number of hydrogen-bond donors (Lipinski definition) is 1. The van der Waals surface area contributed by atoms with Crippen LogP contribution >= 0.6 is 11.3 Å². The zero-order valence-electron chi connectivity index (χ0n) is 12.5. The van der Waals surface area contributed by atoms with Crippen LogP contribution in [0.2, 0.25) is 0 Å². The highest BCUT2D eigenvalue weighted by molar-refractivity contribution is 7.16. The van der Waals surface area contributed by atoms with Gasteiger partial charge in [0.25, 0.3) is 5.56 Å². The first-order valence-electron chi connectivity index (χ1n) is 7.43. The fourth-order valence-electron chi connectivity index (χ4n) is 2.78.